The lowest BCUT2D eigenvalue weighted by Gasteiger charge is -2.42. The molecular formula is C20H22F17O4S2+. The van der Waals surface area contributed by atoms with E-state index in [1.54, 1.807) is 0 Å². The Morgan fingerprint density at radius 3 is 1.33 bits per heavy atom. The predicted octanol–water partition coefficient (Wildman–Crippen LogP) is 7.78. The van der Waals surface area contributed by atoms with Gasteiger partial charge in [-0.2, -0.15) is 83.1 Å². The summed E-state index contributed by atoms with van der Waals surface area (Å²) in [6.45, 7) is 3.61. The van der Waals surface area contributed by atoms with E-state index >= 15 is 0 Å². The molecule has 0 spiro atoms. The molecule has 0 heterocycles. The maximum absolute atomic E-state index is 14.5. The lowest BCUT2D eigenvalue weighted by molar-refractivity contribution is -0.458. The van der Waals surface area contributed by atoms with E-state index in [2.05, 4.69) is 3.63 Å². The molecule has 0 radical (unpaired) electrons. The van der Waals surface area contributed by atoms with Crippen LogP contribution in [0.2, 0.25) is 0 Å². The van der Waals surface area contributed by atoms with Crippen LogP contribution in [0.15, 0.2) is 0 Å². The largest absolute Gasteiger partial charge is 0.460 e. The fourth-order valence-electron chi connectivity index (χ4n) is 3.34. The maximum atomic E-state index is 14.5. The van der Waals surface area contributed by atoms with E-state index in [0.29, 0.717) is 6.42 Å². The normalized spacial score (nSPS) is 19.0. The van der Waals surface area contributed by atoms with Gasteiger partial charge in [0.15, 0.2) is 22.2 Å². The Hall–Kier alpha value is -1.26. The fraction of sp³-hybridized carbons (Fsp3) is 0.950. The molecule has 0 aromatic carbocycles. The maximum Gasteiger partial charge on any atom is 0.460 e. The van der Waals surface area contributed by atoms with Crippen molar-refractivity contribution in [1.82, 2.24) is 0 Å². The summed E-state index contributed by atoms with van der Waals surface area (Å²) >= 11 is -2.71. The van der Waals surface area contributed by atoms with Crippen LogP contribution >= 0.6 is 0 Å². The first-order valence-electron chi connectivity index (χ1n) is 11.5. The first kappa shape index (κ1) is 39.8. The number of alkyl halides is 17. The average Bonchev–Trinajstić information content (AvgIpc) is 2.81. The lowest BCUT2D eigenvalue weighted by Crippen LogP contribution is -2.75. The highest BCUT2D eigenvalue weighted by molar-refractivity contribution is 8.04. The zero-order valence-corrected chi connectivity index (χ0v) is 23.3. The molecule has 0 N–H and O–H groups in total. The smallest absolute Gasteiger partial charge is 0.294 e. The summed E-state index contributed by atoms with van der Waals surface area (Å²) in [5.41, 5.74) is -1.39. The summed E-state index contributed by atoms with van der Waals surface area (Å²) in [6.07, 6.45) is -7.28. The molecule has 1 rings (SSSR count). The zero-order chi connectivity index (χ0) is 34.7. The molecule has 1 unspecified atom stereocenters. The molecule has 256 valence electrons. The minimum Gasteiger partial charge on any atom is -0.294 e. The number of ketones is 1. The number of hydrogen-bond donors (Lipinski definition) is 0. The van der Waals surface area contributed by atoms with Gasteiger partial charge < -0.3 is 0 Å². The van der Waals surface area contributed by atoms with Crippen LogP contribution in [-0.4, -0.2) is 72.2 Å². The average molecular weight is 713 g/mol. The quantitative estimate of drug-likeness (QED) is 0.153. The van der Waals surface area contributed by atoms with Crippen LogP contribution in [0, 0.1) is 5.41 Å². The van der Waals surface area contributed by atoms with Crippen molar-refractivity contribution in [3.63, 3.8) is 0 Å². The van der Waals surface area contributed by atoms with Crippen LogP contribution < -0.4 is 0 Å². The Morgan fingerprint density at radius 2 is 0.977 bits per heavy atom. The van der Waals surface area contributed by atoms with E-state index in [-0.39, 0.29) is 25.7 Å². The Labute approximate surface area is 235 Å². The molecule has 1 fully saturated rings. The molecule has 0 bridgehead atoms. The van der Waals surface area contributed by atoms with E-state index in [4.69, 9.17) is 0 Å². The Balaban J connectivity index is 3.68. The number of rotatable bonds is 12. The van der Waals surface area contributed by atoms with Gasteiger partial charge in [-0.05, 0) is 29.3 Å². The highest BCUT2D eigenvalue weighted by Crippen LogP contribution is 2.64. The number of halogens is 17. The summed E-state index contributed by atoms with van der Waals surface area (Å²) in [7, 11) is -7.73. The molecule has 23 heteroatoms. The second-order valence-corrected chi connectivity index (χ2v) is 14.1. The van der Waals surface area contributed by atoms with Crippen molar-refractivity contribution < 1.29 is 91.5 Å². The van der Waals surface area contributed by atoms with Crippen LogP contribution in [-0.2, 0) is 29.7 Å². The van der Waals surface area contributed by atoms with Gasteiger partial charge in [-0.1, -0.05) is 27.2 Å². The van der Waals surface area contributed by atoms with E-state index in [1.165, 1.54) is 20.8 Å². The standard InChI is InChI=1S/C20H22F17O4S2/c1-12(2,3)11(38)9-42(10-7-5-4-6-8-10)41-43(39,40)20(36,37)18(31,32)16(27,28)14(23,24)13(21,22)15(25,26)17(29,30)19(33,34)35/h10H,4-9H2,1-3H3/q+1. The van der Waals surface area contributed by atoms with Gasteiger partial charge in [0, 0.05) is 5.41 Å². The number of carbonyl (C=O) groups excluding carboxylic acids is 1. The van der Waals surface area contributed by atoms with Crippen molar-refractivity contribution >= 4 is 27.1 Å². The van der Waals surface area contributed by atoms with Gasteiger partial charge in [0.25, 0.3) is 0 Å². The van der Waals surface area contributed by atoms with Crippen molar-refractivity contribution in [2.75, 3.05) is 5.75 Å². The molecule has 0 aromatic heterocycles. The van der Waals surface area contributed by atoms with Gasteiger partial charge in [-0.15, -0.1) is 0 Å². The van der Waals surface area contributed by atoms with Crippen LogP contribution in [0.4, 0.5) is 74.6 Å². The highest BCUT2D eigenvalue weighted by Gasteiger charge is 2.96. The second kappa shape index (κ2) is 11.5. The van der Waals surface area contributed by atoms with Crippen molar-refractivity contribution in [2.24, 2.45) is 5.41 Å². The first-order valence-corrected chi connectivity index (χ1v) is 14.3. The highest BCUT2D eigenvalue weighted by atomic mass is 32.3. The topological polar surface area (TPSA) is 60.4 Å². The van der Waals surface area contributed by atoms with Gasteiger partial charge in [-0.3, -0.25) is 4.79 Å². The van der Waals surface area contributed by atoms with Crippen LogP contribution in [0.1, 0.15) is 52.9 Å². The summed E-state index contributed by atoms with van der Waals surface area (Å²) in [6, 6.07) is 0. The molecule has 0 aliphatic heterocycles. The molecular weight excluding hydrogens is 691 g/mol. The Bertz CT molecular complexity index is 1120. The molecule has 1 saturated carbocycles. The summed E-state index contributed by atoms with van der Waals surface area (Å²) in [4.78, 5) is 12.4. The van der Waals surface area contributed by atoms with Crippen LogP contribution in [0.25, 0.3) is 0 Å². The molecule has 4 nitrogen and oxygen atoms in total. The lowest BCUT2D eigenvalue weighted by atomic mass is 9.91. The third-order valence-electron chi connectivity index (χ3n) is 6.22. The van der Waals surface area contributed by atoms with Crippen molar-refractivity contribution in [2.45, 2.75) is 105 Å². The van der Waals surface area contributed by atoms with Crippen LogP contribution in [0.5, 0.6) is 0 Å². The van der Waals surface area contributed by atoms with E-state index < -0.39 is 90.5 Å². The monoisotopic (exact) mass is 713 g/mol. The summed E-state index contributed by atoms with van der Waals surface area (Å²) in [5, 5.41) is -8.98. The van der Waals surface area contributed by atoms with Crippen molar-refractivity contribution in [3.05, 3.63) is 0 Å². The fourth-order valence-corrected chi connectivity index (χ4v) is 7.46. The number of carbonyl (C=O) groups is 1. The molecule has 43 heavy (non-hydrogen) atoms. The van der Waals surface area contributed by atoms with E-state index in [0.717, 1.165) is 0 Å². The van der Waals surface area contributed by atoms with Crippen molar-refractivity contribution in [1.29, 1.82) is 0 Å². The van der Waals surface area contributed by atoms with Crippen molar-refractivity contribution in [3.8, 4) is 0 Å². The third-order valence-corrected chi connectivity index (χ3v) is 10.3. The molecule has 1 atom stereocenters. The minimum absolute atomic E-state index is 0.124. The number of hydrogen-bond acceptors (Lipinski definition) is 4. The third kappa shape index (κ3) is 6.40. The Morgan fingerprint density at radius 1 is 0.628 bits per heavy atom. The molecule has 1 aliphatic carbocycles. The van der Waals surface area contributed by atoms with E-state index in [1.807, 2.05) is 0 Å². The molecule has 1 aliphatic rings. The molecule has 0 amide bonds. The number of Topliss-reactive ketones (excluding diaryl/α,β-unsaturated/α-hetero) is 1. The molecule has 0 saturated heterocycles. The van der Waals surface area contributed by atoms with Gasteiger partial charge in [0.05, 0.1) is 0 Å². The summed E-state index contributed by atoms with van der Waals surface area (Å²) in [5.74, 6) is -54.2. The second-order valence-electron chi connectivity index (χ2n) is 10.4. The summed E-state index contributed by atoms with van der Waals surface area (Å²) < 4.78 is 258. The van der Waals surface area contributed by atoms with Gasteiger partial charge >= 0.3 is 57.1 Å². The van der Waals surface area contributed by atoms with E-state index in [9.17, 15) is 87.8 Å². The van der Waals surface area contributed by atoms with Gasteiger partial charge in [0.2, 0.25) is 5.75 Å². The van der Waals surface area contributed by atoms with Gasteiger partial charge in [-0.25, -0.2) is 0 Å². The zero-order valence-electron chi connectivity index (χ0n) is 21.7. The SMILES string of the molecule is CC(C)(C)C(=O)C[S+](OS(=O)(=O)C(F)(F)C(F)(F)C(F)(F)C(F)(F)C(F)(F)C(F)(F)C(F)(F)C(F)(F)F)C1CCCCC1. The van der Waals surface area contributed by atoms with Gasteiger partial charge in [0.1, 0.15) is 0 Å². The molecule has 0 aromatic rings. The van der Waals surface area contributed by atoms with Crippen LogP contribution in [0.3, 0.4) is 0 Å². The minimum atomic E-state index is -8.92. The first-order chi connectivity index (χ1) is 18.6. The predicted molar refractivity (Wildman–Crippen MR) is 114 cm³/mol. The Kier molecular flexibility index (Phi) is 10.7.